The zero-order valence-electron chi connectivity index (χ0n) is 17.1. The average molecular weight is 415 g/mol. The highest BCUT2D eigenvalue weighted by molar-refractivity contribution is 5.72. The van der Waals surface area contributed by atoms with E-state index in [2.05, 4.69) is 21.3 Å². The number of benzene rings is 1. The first-order valence-electron chi connectivity index (χ1n) is 9.80. The molecule has 0 atom stereocenters. The van der Waals surface area contributed by atoms with Crippen molar-refractivity contribution >= 4 is 5.91 Å². The fraction of sp³-hybridized carbons (Fsp3) is 0.429. The standard InChI is InChI=1S/C21H23F2N5O2/c1-13-6-4-5-7-15(13)21(8-9-21)20-24-19(30-26-20)16-12-17(18(22)23)28(25-16)11-10-27(3)14(2)29/h4-7,12,18H,8-11H2,1-3H3. The molecule has 158 valence electrons. The predicted octanol–water partition coefficient (Wildman–Crippen LogP) is 3.74. The third-order valence-corrected chi connectivity index (χ3v) is 5.70. The van der Waals surface area contributed by atoms with Crippen molar-refractivity contribution in [2.24, 2.45) is 0 Å². The van der Waals surface area contributed by atoms with Crippen molar-refractivity contribution in [3.8, 4) is 11.6 Å². The van der Waals surface area contributed by atoms with Gasteiger partial charge in [-0.05, 0) is 37.0 Å². The third-order valence-electron chi connectivity index (χ3n) is 5.70. The van der Waals surface area contributed by atoms with Crippen LogP contribution in [0.5, 0.6) is 0 Å². The SMILES string of the molecule is CC(=O)N(C)CCn1nc(-c2nc(C3(c4ccccc4C)CC3)no2)cc1C(F)F. The van der Waals surface area contributed by atoms with Crippen LogP contribution in [-0.2, 0) is 16.8 Å². The van der Waals surface area contributed by atoms with Gasteiger partial charge in [0, 0.05) is 20.5 Å². The van der Waals surface area contributed by atoms with E-state index in [4.69, 9.17) is 4.52 Å². The normalized spacial score (nSPS) is 14.9. The maximum atomic E-state index is 13.5. The van der Waals surface area contributed by atoms with Gasteiger partial charge in [0.05, 0.1) is 12.0 Å². The minimum absolute atomic E-state index is 0.116. The van der Waals surface area contributed by atoms with Crippen LogP contribution < -0.4 is 0 Å². The van der Waals surface area contributed by atoms with Crippen LogP contribution in [0.15, 0.2) is 34.9 Å². The molecule has 0 unspecified atom stereocenters. The van der Waals surface area contributed by atoms with Crippen LogP contribution in [-0.4, -0.2) is 44.3 Å². The minimum Gasteiger partial charge on any atom is -0.344 e. The summed E-state index contributed by atoms with van der Waals surface area (Å²) in [6.45, 7) is 3.88. The zero-order chi connectivity index (χ0) is 21.5. The van der Waals surface area contributed by atoms with E-state index in [-0.39, 0.29) is 41.7 Å². The van der Waals surface area contributed by atoms with Crippen LogP contribution in [0.2, 0.25) is 0 Å². The molecule has 1 fully saturated rings. The monoisotopic (exact) mass is 415 g/mol. The van der Waals surface area contributed by atoms with Gasteiger partial charge in [-0.15, -0.1) is 0 Å². The molecule has 3 aromatic rings. The van der Waals surface area contributed by atoms with E-state index in [0.717, 1.165) is 24.0 Å². The van der Waals surface area contributed by atoms with E-state index >= 15 is 0 Å². The number of carbonyl (C=O) groups excluding carboxylic acids is 1. The fourth-order valence-corrected chi connectivity index (χ4v) is 3.66. The lowest BCUT2D eigenvalue weighted by molar-refractivity contribution is -0.127. The molecule has 30 heavy (non-hydrogen) atoms. The molecule has 2 heterocycles. The molecule has 4 rings (SSSR count). The first-order valence-corrected chi connectivity index (χ1v) is 9.80. The Morgan fingerprint density at radius 1 is 1.33 bits per heavy atom. The number of hydrogen-bond donors (Lipinski definition) is 0. The predicted molar refractivity (Wildman–Crippen MR) is 105 cm³/mol. The lowest BCUT2D eigenvalue weighted by Crippen LogP contribution is -2.28. The van der Waals surface area contributed by atoms with Gasteiger partial charge in [-0.1, -0.05) is 29.4 Å². The van der Waals surface area contributed by atoms with Crippen molar-refractivity contribution < 1.29 is 18.1 Å². The van der Waals surface area contributed by atoms with Crippen LogP contribution in [0.4, 0.5) is 8.78 Å². The second-order valence-electron chi connectivity index (χ2n) is 7.74. The molecule has 2 aromatic heterocycles. The van der Waals surface area contributed by atoms with Crippen LogP contribution in [0.25, 0.3) is 11.6 Å². The topological polar surface area (TPSA) is 77.1 Å². The van der Waals surface area contributed by atoms with Crippen LogP contribution in [0.1, 0.15) is 48.8 Å². The number of halogens is 2. The smallest absolute Gasteiger partial charge is 0.280 e. The highest BCUT2D eigenvalue weighted by Crippen LogP contribution is 2.53. The Balaban J connectivity index is 1.61. The van der Waals surface area contributed by atoms with Crippen molar-refractivity contribution in [1.82, 2.24) is 24.8 Å². The summed E-state index contributed by atoms with van der Waals surface area (Å²) >= 11 is 0. The maximum absolute atomic E-state index is 13.5. The second-order valence-corrected chi connectivity index (χ2v) is 7.74. The van der Waals surface area contributed by atoms with Crippen molar-refractivity contribution in [3.63, 3.8) is 0 Å². The van der Waals surface area contributed by atoms with E-state index in [1.165, 1.54) is 22.6 Å². The Labute approximate surface area is 172 Å². The van der Waals surface area contributed by atoms with Crippen LogP contribution in [0, 0.1) is 6.92 Å². The molecule has 1 aliphatic rings. The Morgan fingerprint density at radius 2 is 2.07 bits per heavy atom. The molecule has 0 bridgehead atoms. The number of hydrogen-bond acceptors (Lipinski definition) is 5. The van der Waals surface area contributed by atoms with Crippen molar-refractivity contribution in [2.75, 3.05) is 13.6 Å². The molecule has 1 aliphatic carbocycles. The molecule has 7 nitrogen and oxygen atoms in total. The number of alkyl halides is 2. The average Bonchev–Trinajstić information content (AvgIpc) is 3.16. The fourth-order valence-electron chi connectivity index (χ4n) is 3.66. The Bertz CT molecular complexity index is 1070. The number of aryl methyl sites for hydroxylation is 1. The number of aromatic nitrogens is 4. The number of amides is 1. The molecule has 0 spiro atoms. The zero-order valence-corrected chi connectivity index (χ0v) is 17.1. The van der Waals surface area contributed by atoms with Crippen molar-refractivity contribution in [1.29, 1.82) is 0 Å². The van der Waals surface area contributed by atoms with Crippen LogP contribution >= 0.6 is 0 Å². The van der Waals surface area contributed by atoms with Gasteiger partial charge in [0.15, 0.2) is 11.5 Å². The van der Waals surface area contributed by atoms with Gasteiger partial charge in [-0.25, -0.2) is 8.78 Å². The Hall–Kier alpha value is -3.10. The molecule has 0 saturated heterocycles. The van der Waals surface area contributed by atoms with Gasteiger partial charge in [0.25, 0.3) is 12.3 Å². The summed E-state index contributed by atoms with van der Waals surface area (Å²) in [6, 6.07) is 9.35. The van der Waals surface area contributed by atoms with Gasteiger partial charge in [0.2, 0.25) is 5.91 Å². The maximum Gasteiger partial charge on any atom is 0.280 e. The third kappa shape index (κ3) is 3.59. The molecule has 1 aromatic carbocycles. The van der Waals surface area contributed by atoms with Crippen molar-refractivity contribution in [3.05, 3.63) is 53.0 Å². The summed E-state index contributed by atoms with van der Waals surface area (Å²) in [4.78, 5) is 17.3. The summed E-state index contributed by atoms with van der Waals surface area (Å²) in [5.41, 5.74) is 1.98. The van der Waals surface area contributed by atoms with E-state index in [9.17, 15) is 13.6 Å². The lowest BCUT2D eigenvalue weighted by atomic mass is 9.91. The minimum atomic E-state index is -2.71. The molecule has 1 saturated carbocycles. The van der Waals surface area contributed by atoms with Gasteiger partial charge in [-0.3, -0.25) is 9.48 Å². The van der Waals surface area contributed by atoms with E-state index in [0.29, 0.717) is 5.82 Å². The van der Waals surface area contributed by atoms with Gasteiger partial charge in [-0.2, -0.15) is 10.1 Å². The quantitative estimate of drug-likeness (QED) is 0.588. The molecule has 0 aliphatic heterocycles. The first kappa shape index (κ1) is 20.2. The molecule has 1 amide bonds. The highest BCUT2D eigenvalue weighted by Gasteiger charge is 2.50. The van der Waals surface area contributed by atoms with Gasteiger partial charge in [0.1, 0.15) is 5.69 Å². The number of rotatable bonds is 7. The number of nitrogens with zero attached hydrogens (tertiary/aromatic N) is 5. The summed E-state index contributed by atoms with van der Waals surface area (Å²) in [7, 11) is 1.61. The molecular formula is C21H23F2N5O2. The molecule has 0 radical (unpaired) electrons. The van der Waals surface area contributed by atoms with Gasteiger partial charge < -0.3 is 9.42 Å². The summed E-state index contributed by atoms with van der Waals surface area (Å²) in [6.07, 6.45) is -0.895. The largest absolute Gasteiger partial charge is 0.344 e. The first-order chi connectivity index (χ1) is 14.3. The van der Waals surface area contributed by atoms with Crippen LogP contribution in [0.3, 0.4) is 0 Å². The van der Waals surface area contributed by atoms with Gasteiger partial charge >= 0.3 is 0 Å². The number of carbonyl (C=O) groups is 1. The van der Waals surface area contributed by atoms with E-state index in [1.54, 1.807) is 7.05 Å². The lowest BCUT2D eigenvalue weighted by Gasteiger charge is -2.15. The molecular weight excluding hydrogens is 392 g/mol. The highest BCUT2D eigenvalue weighted by atomic mass is 19.3. The van der Waals surface area contributed by atoms with E-state index < -0.39 is 6.43 Å². The van der Waals surface area contributed by atoms with Crippen molar-refractivity contribution in [2.45, 2.75) is 45.1 Å². The number of likely N-dealkylation sites (N-methyl/N-ethyl adjacent to an activating group) is 1. The molecule has 0 N–H and O–H groups in total. The Morgan fingerprint density at radius 3 is 2.70 bits per heavy atom. The Kier molecular flexibility index (Phi) is 5.13. The summed E-state index contributed by atoms with van der Waals surface area (Å²) in [5.74, 6) is 0.523. The van der Waals surface area contributed by atoms with E-state index in [1.807, 2.05) is 25.1 Å². The summed E-state index contributed by atoms with van der Waals surface area (Å²) < 4.78 is 33.6. The molecule has 9 heteroatoms. The summed E-state index contributed by atoms with van der Waals surface area (Å²) in [5, 5.41) is 8.39. The second kappa shape index (κ2) is 7.62.